The van der Waals surface area contributed by atoms with Crippen molar-refractivity contribution in [3.05, 3.63) is 117 Å². The Kier molecular flexibility index (Phi) is 13.7. The Morgan fingerprint density at radius 1 is 0.792 bits per heavy atom. The van der Waals surface area contributed by atoms with E-state index >= 15 is 0 Å². The van der Waals surface area contributed by atoms with Crippen LogP contribution < -0.4 is 21.3 Å². The molecule has 0 aromatic heterocycles. The molecule has 13 heteroatoms. The van der Waals surface area contributed by atoms with Crippen LogP contribution in [0, 0.1) is 23.0 Å². The fourth-order valence-electron chi connectivity index (χ4n) is 4.79. The lowest BCUT2D eigenvalue weighted by atomic mass is 10.00. The third-order valence-electron chi connectivity index (χ3n) is 7.23. The van der Waals surface area contributed by atoms with Crippen LogP contribution in [0.5, 0.6) is 0 Å². The maximum atomic E-state index is 13.2. The number of amides is 2. The van der Waals surface area contributed by atoms with E-state index in [1.165, 1.54) is 0 Å². The first-order valence-corrected chi connectivity index (χ1v) is 15.4. The van der Waals surface area contributed by atoms with Gasteiger partial charge >= 0.3 is 11.9 Å². The summed E-state index contributed by atoms with van der Waals surface area (Å²) in [5, 5.41) is 41.1. The predicted molar refractivity (Wildman–Crippen MR) is 181 cm³/mol. The van der Waals surface area contributed by atoms with E-state index in [-0.39, 0.29) is 37.4 Å². The van der Waals surface area contributed by atoms with Crippen LogP contribution in [0.1, 0.15) is 48.9 Å². The second-order valence-electron chi connectivity index (χ2n) is 11.9. The zero-order valence-electron chi connectivity index (χ0n) is 27.1. The van der Waals surface area contributed by atoms with E-state index in [0.29, 0.717) is 28.9 Å². The number of carbonyl (C=O) groups is 4. The van der Waals surface area contributed by atoms with Gasteiger partial charge in [0, 0.05) is 24.2 Å². The zero-order valence-corrected chi connectivity index (χ0v) is 27.1. The second kappa shape index (κ2) is 17.8. The number of carbonyl (C=O) groups excluding carboxylic acids is 2. The van der Waals surface area contributed by atoms with Crippen molar-refractivity contribution in [3.63, 3.8) is 0 Å². The fourth-order valence-corrected chi connectivity index (χ4v) is 4.79. The van der Waals surface area contributed by atoms with Crippen LogP contribution in [-0.2, 0) is 38.4 Å². The molecule has 0 saturated carbocycles. The highest BCUT2D eigenvalue weighted by Gasteiger charge is 2.27. The summed E-state index contributed by atoms with van der Waals surface area (Å²) < 4.78 is 0. The smallest absolute Gasteiger partial charge is 0.326 e. The summed E-state index contributed by atoms with van der Waals surface area (Å²) in [5.41, 5.74) is 4.32. The van der Waals surface area contributed by atoms with Crippen molar-refractivity contribution >= 4 is 35.1 Å². The fraction of sp³-hybridized carbons (Fsp3) is 0.314. The minimum absolute atomic E-state index is 0.00210. The lowest BCUT2D eigenvalue weighted by Gasteiger charge is -2.23. The predicted octanol–water partition coefficient (Wildman–Crippen LogP) is 4.50. The Morgan fingerprint density at radius 3 is 1.85 bits per heavy atom. The first-order valence-electron chi connectivity index (χ1n) is 15.4. The number of nitrogens with zero attached hydrogens (tertiary/aromatic N) is 1. The van der Waals surface area contributed by atoms with E-state index in [1.54, 1.807) is 60.7 Å². The van der Waals surface area contributed by atoms with Crippen LogP contribution in [0.2, 0.25) is 0 Å². The number of nitrogens with one attached hydrogen (secondary N) is 4. The molecule has 3 rings (SSSR count). The maximum Gasteiger partial charge on any atom is 0.326 e. The molecule has 0 aliphatic carbocycles. The summed E-state index contributed by atoms with van der Waals surface area (Å²) in [4.78, 5) is 59.7. The third kappa shape index (κ3) is 12.9. The van der Waals surface area contributed by atoms with E-state index in [1.807, 2.05) is 32.9 Å². The molecule has 3 aromatic rings. The highest BCUT2D eigenvalue weighted by molar-refractivity contribution is 5.91. The Morgan fingerprint density at radius 2 is 1.33 bits per heavy atom. The lowest BCUT2D eigenvalue weighted by molar-refractivity contribution is -0.403. The highest BCUT2D eigenvalue weighted by atomic mass is 16.6. The van der Waals surface area contributed by atoms with Gasteiger partial charge in [0.25, 0.3) is 6.20 Å². The van der Waals surface area contributed by atoms with Gasteiger partial charge in [-0.3, -0.25) is 24.5 Å². The van der Waals surface area contributed by atoms with Gasteiger partial charge in [-0.05, 0) is 66.6 Å². The molecule has 0 radical (unpaired) electrons. The number of aryl methyl sites for hydroxylation is 2. The minimum Gasteiger partial charge on any atom is -0.481 e. The Bertz CT molecular complexity index is 1600. The molecule has 2 atom stereocenters. The SMILES string of the molecule is Cc1ccc(N/C(=C/[N+](=O)[O-])Nc2ccc(CC(=O)NC(CC(C)C)C(=O)NC(Cc3ccc(CCC(=O)O)cc3)C(=O)O)cc2)cc1. The summed E-state index contributed by atoms with van der Waals surface area (Å²) in [7, 11) is 0. The van der Waals surface area contributed by atoms with Crippen LogP contribution >= 0.6 is 0 Å². The van der Waals surface area contributed by atoms with Gasteiger partial charge in [0.15, 0.2) is 5.82 Å². The number of hydrogen-bond acceptors (Lipinski definition) is 8. The van der Waals surface area contributed by atoms with Crippen molar-refractivity contribution in [2.24, 2.45) is 5.92 Å². The van der Waals surface area contributed by atoms with E-state index in [4.69, 9.17) is 5.11 Å². The molecule has 0 saturated heterocycles. The maximum absolute atomic E-state index is 13.2. The molecule has 6 N–H and O–H groups in total. The van der Waals surface area contributed by atoms with Gasteiger partial charge in [0.05, 0.1) is 11.3 Å². The minimum atomic E-state index is -1.25. The van der Waals surface area contributed by atoms with Crippen molar-refractivity contribution in [3.8, 4) is 0 Å². The van der Waals surface area contributed by atoms with Gasteiger partial charge in [-0.2, -0.15) is 0 Å². The van der Waals surface area contributed by atoms with Crippen LogP contribution in [0.3, 0.4) is 0 Å². The molecule has 0 bridgehead atoms. The van der Waals surface area contributed by atoms with E-state index in [9.17, 15) is 34.4 Å². The largest absolute Gasteiger partial charge is 0.481 e. The molecular formula is C35H41N5O8. The van der Waals surface area contributed by atoms with Crippen LogP contribution in [0.15, 0.2) is 84.8 Å². The Hall–Kier alpha value is -5.72. The van der Waals surface area contributed by atoms with Gasteiger partial charge in [-0.25, -0.2) is 4.79 Å². The van der Waals surface area contributed by atoms with Crippen LogP contribution in [-0.4, -0.2) is 51.0 Å². The Labute approximate surface area is 278 Å². The lowest BCUT2D eigenvalue weighted by Crippen LogP contribution is -2.52. The number of hydrogen-bond donors (Lipinski definition) is 6. The molecule has 13 nitrogen and oxygen atoms in total. The summed E-state index contributed by atoms with van der Waals surface area (Å²) >= 11 is 0. The van der Waals surface area contributed by atoms with Crippen molar-refractivity contribution in [2.45, 2.75) is 65.0 Å². The highest BCUT2D eigenvalue weighted by Crippen LogP contribution is 2.17. The monoisotopic (exact) mass is 659 g/mol. The number of rotatable bonds is 18. The second-order valence-corrected chi connectivity index (χ2v) is 11.9. The molecule has 0 spiro atoms. The van der Waals surface area contributed by atoms with Crippen molar-refractivity contribution in [2.75, 3.05) is 10.6 Å². The third-order valence-corrected chi connectivity index (χ3v) is 7.23. The van der Waals surface area contributed by atoms with E-state index < -0.39 is 40.8 Å². The molecule has 2 amide bonds. The molecule has 0 aliphatic rings. The van der Waals surface area contributed by atoms with Gasteiger partial charge in [0.2, 0.25) is 11.8 Å². The van der Waals surface area contributed by atoms with E-state index in [0.717, 1.165) is 17.3 Å². The topological polar surface area (TPSA) is 200 Å². The number of carboxylic acids is 2. The first-order chi connectivity index (χ1) is 22.8. The van der Waals surface area contributed by atoms with Gasteiger partial charge in [-0.15, -0.1) is 0 Å². The number of anilines is 2. The van der Waals surface area contributed by atoms with Crippen molar-refractivity contribution in [1.82, 2.24) is 10.6 Å². The molecular weight excluding hydrogens is 618 g/mol. The number of carboxylic acid groups (broad SMARTS) is 2. The van der Waals surface area contributed by atoms with Gasteiger partial charge in [-0.1, -0.05) is 67.9 Å². The number of nitro groups is 1. The standard InChI is InChI=1S/C35H41N5O8/c1-22(2)18-29(34(44)39-30(35(45)46)19-25-8-6-24(7-9-25)12-17-33(42)43)38-32(41)20-26-10-15-28(16-11-26)37-31(21-40(47)48)36-27-13-4-23(3)5-14-27/h4-11,13-16,21-22,29-30,36-37H,12,17-20H2,1-3H3,(H,38,41)(H,39,44)(H,42,43)(H,45,46)/b31-21-. The molecule has 0 fully saturated rings. The molecule has 3 aromatic carbocycles. The summed E-state index contributed by atoms with van der Waals surface area (Å²) in [6.45, 7) is 5.70. The van der Waals surface area contributed by atoms with Crippen LogP contribution in [0.25, 0.3) is 0 Å². The van der Waals surface area contributed by atoms with Crippen molar-refractivity contribution < 1.29 is 34.3 Å². The summed E-state index contributed by atoms with van der Waals surface area (Å²) in [6, 6.07) is 18.7. The van der Waals surface area contributed by atoms with Crippen molar-refractivity contribution in [1.29, 1.82) is 0 Å². The average Bonchev–Trinajstić information content (AvgIpc) is 3.01. The Balaban J connectivity index is 1.61. The summed E-state index contributed by atoms with van der Waals surface area (Å²) in [5.74, 6) is -3.03. The molecule has 2 unspecified atom stereocenters. The normalized spacial score (nSPS) is 12.5. The molecule has 0 aliphatic heterocycles. The quantitative estimate of drug-likeness (QED) is 0.0835. The van der Waals surface area contributed by atoms with Crippen LogP contribution in [0.4, 0.5) is 11.4 Å². The first kappa shape index (κ1) is 36.7. The molecule has 0 heterocycles. The van der Waals surface area contributed by atoms with E-state index in [2.05, 4.69) is 21.3 Å². The summed E-state index contributed by atoms with van der Waals surface area (Å²) in [6.07, 6.45) is 1.37. The molecule has 48 heavy (non-hydrogen) atoms. The number of benzene rings is 3. The zero-order chi connectivity index (χ0) is 35.2. The average molecular weight is 660 g/mol. The molecule has 254 valence electrons. The number of aliphatic carboxylic acids is 2. The van der Waals surface area contributed by atoms with Gasteiger partial charge in [0.1, 0.15) is 12.1 Å². The van der Waals surface area contributed by atoms with Gasteiger partial charge < -0.3 is 31.5 Å².